The number of amides is 1. The topological polar surface area (TPSA) is 88.5 Å². The fraction of sp³-hybridized carbons (Fsp3) is 0.0714. The van der Waals surface area contributed by atoms with Gasteiger partial charge in [0.2, 0.25) is 0 Å². The van der Waals surface area contributed by atoms with Crippen molar-refractivity contribution >= 4 is 17.6 Å². The number of rotatable bonds is 3. The van der Waals surface area contributed by atoms with E-state index in [1.165, 1.54) is 24.5 Å². The highest BCUT2D eigenvalue weighted by atomic mass is 19.1. The molecule has 0 aliphatic heterocycles. The minimum absolute atomic E-state index is 0.124. The second-order valence-corrected chi connectivity index (χ2v) is 4.07. The van der Waals surface area contributed by atoms with Crippen LogP contribution in [0.4, 0.5) is 10.1 Å². The largest absolute Gasteiger partial charge is 0.506 e. The Hall–Kier alpha value is -2.96. The van der Waals surface area contributed by atoms with Gasteiger partial charge < -0.3 is 15.2 Å². The normalized spacial score (nSPS) is 10.0. The molecule has 0 atom stereocenters. The van der Waals surface area contributed by atoms with Gasteiger partial charge in [-0.1, -0.05) is 0 Å². The van der Waals surface area contributed by atoms with Crippen LogP contribution in [0.3, 0.4) is 0 Å². The molecule has 1 aromatic carbocycles. The minimum Gasteiger partial charge on any atom is -0.506 e. The number of hydrogen-bond donors (Lipinski definition) is 2. The minimum atomic E-state index is -0.845. The molecule has 21 heavy (non-hydrogen) atoms. The number of nitrogens with zero attached hydrogens (tertiary/aromatic N) is 1. The van der Waals surface area contributed by atoms with Crippen molar-refractivity contribution in [3.63, 3.8) is 0 Å². The van der Waals surface area contributed by atoms with Gasteiger partial charge in [0, 0.05) is 11.9 Å². The molecule has 0 saturated carbocycles. The van der Waals surface area contributed by atoms with E-state index in [4.69, 9.17) is 0 Å². The van der Waals surface area contributed by atoms with Crippen molar-refractivity contribution < 1.29 is 23.8 Å². The lowest BCUT2D eigenvalue weighted by atomic mass is 10.1. The number of pyridine rings is 1. The number of halogens is 1. The van der Waals surface area contributed by atoms with Crippen molar-refractivity contribution in [1.29, 1.82) is 0 Å². The maximum atomic E-state index is 13.5. The number of hydrogen-bond acceptors (Lipinski definition) is 5. The molecule has 0 unspecified atom stereocenters. The van der Waals surface area contributed by atoms with Crippen LogP contribution in [0.2, 0.25) is 0 Å². The molecule has 1 amide bonds. The second kappa shape index (κ2) is 6.00. The fourth-order valence-corrected chi connectivity index (χ4v) is 1.62. The number of carbonyl (C=O) groups is 2. The van der Waals surface area contributed by atoms with Crippen LogP contribution < -0.4 is 5.32 Å². The third-order valence-corrected chi connectivity index (χ3v) is 2.62. The Morgan fingerprint density at radius 1 is 1.29 bits per heavy atom. The van der Waals surface area contributed by atoms with E-state index in [9.17, 15) is 19.1 Å². The van der Waals surface area contributed by atoms with Gasteiger partial charge in [-0.05, 0) is 24.3 Å². The first-order valence-corrected chi connectivity index (χ1v) is 5.84. The van der Waals surface area contributed by atoms with Gasteiger partial charge in [-0.25, -0.2) is 9.18 Å². The van der Waals surface area contributed by atoms with E-state index >= 15 is 0 Å². The molecule has 0 spiro atoms. The van der Waals surface area contributed by atoms with Crippen molar-refractivity contribution in [2.24, 2.45) is 0 Å². The Labute approximate surface area is 119 Å². The van der Waals surface area contributed by atoms with E-state index < -0.39 is 17.7 Å². The van der Waals surface area contributed by atoms with E-state index in [0.29, 0.717) is 0 Å². The molecule has 2 N–H and O–H groups in total. The van der Waals surface area contributed by atoms with E-state index in [1.54, 1.807) is 0 Å². The summed E-state index contributed by atoms with van der Waals surface area (Å²) in [4.78, 5) is 27.0. The van der Waals surface area contributed by atoms with E-state index in [-0.39, 0.29) is 22.6 Å². The van der Waals surface area contributed by atoms with Crippen molar-refractivity contribution in [2.75, 3.05) is 12.4 Å². The van der Waals surface area contributed by atoms with Gasteiger partial charge in [-0.3, -0.25) is 9.78 Å². The Balaban J connectivity index is 2.24. The molecule has 0 fully saturated rings. The maximum absolute atomic E-state index is 13.5. The van der Waals surface area contributed by atoms with Crippen LogP contribution in [0.25, 0.3) is 0 Å². The molecule has 0 bridgehead atoms. The van der Waals surface area contributed by atoms with Crippen molar-refractivity contribution in [2.45, 2.75) is 0 Å². The summed E-state index contributed by atoms with van der Waals surface area (Å²) in [7, 11) is 1.13. The number of anilines is 1. The summed E-state index contributed by atoms with van der Waals surface area (Å²) in [5, 5.41) is 11.7. The second-order valence-electron chi connectivity index (χ2n) is 4.07. The number of methoxy groups -OCH3 is 1. The molecular weight excluding hydrogens is 279 g/mol. The van der Waals surface area contributed by atoms with Gasteiger partial charge in [-0.2, -0.15) is 0 Å². The standard InChI is InChI=1S/C14H11FN2O4/c1-21-14(20)11-5-9(2-3-12(11)15)17-13(19)8-4-10(18)7-16-6-8/h2-7,18H,1H3,(H,17,19). The lowest BCUT2D eigenvalue weighted by molar-refractivity contribution is 0.0595. The summed E-state index contributed by atoms with van der Waals surface area (Å²) >= 11 is 0. The number of esters is 1. The Morgan fingerprint density at radius 2 is 2.05 bits per heavy atom. The Morgan fingerprint density at radius 3 is 2.71 bits per heavy atom. The average molecular weight is 290 g/mol. The molecule has 0 aliphatic carbocycles. The van der Waals surface area contributed by atoms with Crippen molar-refractivity contribution in [3.8, 4) is 5.75 Å². The predicted molar refractivity (Wildman–Crippen MR) is 71.6 cm³/mol. The lowest BCUT2D eigenvalue weighted by Gasteiger charge is -2.07. The van der Waals surface area contributed by atoms with Gasteiger partial charge in [0.05, 0.1) is 24.4 Å². The summed E-state index contributed by atoms with van der Waals surface area (Å²) in [5.74, 6) is -2.31. The first kappa shape index (κ1) is 14.4. The Kier molecular flexibility index (Phi) is 4.13. The third kappa shape index (κ3) is 3.33. The van der Waals surface area contributed by atoms with Crippen LogP contribution in [-0.2, 0) is 4.74 Å². The fourth-order valence-electron chi connectivity index (χ4n) is 1.62. The molecule has 0 saturated heterocycles. The highest BCUT2D eigenvalue weighted by molar-refractivity contribution is 6.04. The van der Waals surface area contributed by atoms with Crippen molar-refractivity contribution in [1.82, 2.24) is 4.98 Å². The van der Waals surface area contributed by atoms with Gasteiger partial charge >= 0.3 is 5.97 Å². The van der Waals surface area contributed by atoms with Gasteiger partial charge in [0.25, 0.3) is 5.91 Å². The number of ether oxygens (including phenoxy) is 1. The molecule has 0 radical (unpaired) electrons. The molecule has 0 aliphatic rings. The highest BCUT2D eigenvalue weighted by Crippen LogP contribution is 2.17. The maximum Gasteiger partial charge on any atom is 0.340 e. The van der Waals surface area contributed by atoms with Crippen LogP contribution in [-0.4, -0.2) is 29.1 Å². The zero-order valence-electron chi connectivity index (χ0n) is 11.0. The van der Waals surface area contributed by atoms with Crippen LogP contribution in [0.1, 0.15) is 20.7 Å². The van der Waals surface area contributed by atoms with E-state index in [1.807, 2.05) is 0 Å². The number of benzene rings is 1. The summed E-state index contributed by atoms with van der Waals surface area (Å²) in [6.07, 6.45) is 2.45. The third-order valence-electron chi connectivity index (χ3n) is 2.62. The number of aromatic nitrogens is 1. The summed E-state index contributed by atoms with van der Waals surface area (Å²) in [6, 6.07) is 4.74. The number of nitrogens with one attached hydrogen (secondary N) is 1. The molecule has 108 valence electrons. The predicted octanol–water partition coefficient (Wildman–Crippen LogP) is 1.97. The number of carbonyl (C=O) groups excluding carboxylic acids is 2. The molecular formula is C14H11FN2O4. The van der Waals surface area contributed by atoms with Gasteiger partial charge in [0.1, 0.15) is 11.6 Å². The highest BCUT2D eigenvalue weighted by Gasteiger charge is 2.14. The van der Waals surface area contributed by atoms with E-state index in [2.05, 4.69) is 15.0 Å². The van der Waals surface area contributed by atoms with Gasteiger partial charge in [-0.15, -0.1) is 0 Å². The van der Waals surface area contributed by atoms with Crippen LogP contribution >= 0.6 is 0 Å². The summed E-state index contributed by atoms with van der Waals surface area (Å²) in [5.41, 5.74) is 0.0495. The summed E-state index contributed by atoms with van der Waals surface area (Å²) in [6.45, 7) is 0. The lowest BCUT2D eigenvalue weighted by Crippen LogP contribution is -2.13. The average Bonchev–Trinajstić information content (AvgIpc) is 2.48. The molecule has 2 aromatic rings. The van der Waals surface area contributed by atoms with E-state index in [0.717, 1.165) is 19.2 Å². The molecule has 1 heterocycles. The van der Waals surface area contributed by atoms with Gasteiger partial charge in [0.15, 0.2) is 0 Å². The first-order valence-electron chi connectivity index (χ1n) is 5.84. The first-order chi connectivity index (χ1) is 10.0. The molecule has 2 rings (SSSR count). The van der Waals surface area contributed by atoms with Crippen LogP contribution in [0.5, 0.6) is 5.75 Å². The quantitative estimate of drug-likeness (QED) is 0.844. The van der Waals surface area contributed by atoms with Crippen LogP contribution in [0, 0.1) is 5.82 Å². The molecule has 1 aromatic heterocycles. The molecule has 6 nitrogen and oxygen atoms in total. The summed E-state index contributed by atoms with van der Waals surface area (Å²) < 4.78 is 17.9. The Bertz CT molecular complexity index is 703. The van der Waals surface area contributed by atoms with Crippen LogP contribution in [0.15, 0.2) is 36.7 Å². The monoisotopic (exact) mass is 290 g/mol. The zero-order chi connectivity index (χ0) is 15.4. The smallest absolute Gasteiger partial charge is 0.340 e. The number of aromatic hydroxyl groups is 1. The van der Waals surface area contributed by atoms with Crippen molar-refractivity contribution in [3.05, 3.63) is 53.6 Å². The zero-order valence-corrected chi connectivity index (χ0v) is 11.0. The SMILES string of the molecule is COC(=O)c1cc(NC(=O)c2cncc(O)c2)ccc1F. The molecule has 7 heteroatoms.